The normalized spacial score (nSPS) is 16.1. The van der Waals surface area contributed by atoms with Crippen molar-refractivity contribution in [1.29, 1.82) is 0 Å². The summed E-state index contributed by atoms with van der Waals surface area (Å²) in [6.45, 7) is 2.71. The molecule has 1 heterocycles. The van der Waals surface area contributed by atoms with Gasteiger partial charge in [-0.15, -0.1) is 0 Å². The molecule has 21 heavy (non-hydrogen) atoms. The number of nitrogens with one attached hydrogen (secondary N) is 2. The molecule has 0 aromatic heterocycles. The number of ether oxygens (including phenoxy) is 2. The van der Waals surface area contributed by atoms with E-state index >= 15 is 0 Å². The van der Waals surface area contributed by atoms with E-state index in [0.29, 0.717) is 23.7 Å². The fraction of sp³-hybridized carbons (Fsp3) is 0.562. The van der Waals surface area contributed by atoms with Crippen molar-refractivity contribution in [3.05, 3.63) is 18.2 Å². The smallest absolute Gasteiger partial charge is 0.279 e. The number of amides is 1. The highest BCUT2D eigenvalue weighted by Crippen LogP contribution is 2.25. The zero-order chi connectivity index (χ0) is 15.1. The first kappa shape index (κ1) is 15.6. The molecule has 2 N–H and O–H groups in total. The molecule has 5 nitrogen and oxygen atoms in total. The highest BCUT2D eigenvalue weighted by atomic mass is 16.5. The summed E-state index contributed by atoms with van der Waals surface area (Å²) in [5.41, 5.74) is 0.713. The number of carbonyl (C=O) groups is 1. The van der Waals surface area contributed by atoms with E-state index in [-0.39, 0.29) is 5.91 Å². The molecule has 1 saturated heterocycles. The van der Waals surface area contributed by atoms with Crippen LogP contribution in [0.15, 0.2) is 18.2 Å². The number of likely N-dealkylation sites (tertiary alicyclic amines) is 1. The Balaban J connectivity index is 1.95. The van der Waals surface area contributed by atoms with Gasteiger partial charge >= 0.3 is 0 Å². The van der Waals surface area contributed by atoms with E-state index in [0.717, 1.165) is 13.1 Å². The van der Waals surface area contributed by atoms with E-state index in [4.69, 9.17) is 9.47 Å². The minimum Gasteiger partial charge on any atom is -0.497 e. The van der Waals surface area contributed by atoms with Gasteiger partial charge in [0.25, 0.3) is 5.91 Å². The van der Waals surface area contributed by atoms with E-state index in [1.807, 2.05) is 0 Å². The fourth-order valence-electron chi connectivity index (χ4n) is 2.72. The molecule has 2 rings (SSSR count). The van der Waals surface area contributed by atoms with Crippen LogP contribution in [-0.4, -0.2) is 39.8 Å². The first-order chi connectivity index (χ1) is 10.2. The topological polar surface area (TPSA) is 52.0 Å². The van der Waals surface area contributed by atoms with Crippen molar-refractivity contribution >= 4 is 11.6 Å². The molecule has 116 valence electrons. The third kappa shape index (κ3) is 4.93. The Labute approximate surface area is 126 Å². The van der Waals surface area contributed by atoms with Crippen LogP contribution < -0.4 is 19.7 Å². The quantitative estimate of drug-likeness (QED) is 0.855. The van der Waals surface area contributed by atoms with E-state index in [1.54, 1.807) is 32.4 Å². The highest BCUT2D eigenvalue weighted by Gasteiger charge is 2.16. The molecule has 1 aliphatic heterocycles. The molecule has 0 unspecified atom stereocenters. The van der Waals surface area contributed by atoms with Gasteiger partial charge in [-0.05, 0) is 25.7 Å². The molecule has 1 aromatic carbocycles. The number of benzene rings is 1. The van der Waals surface area contributed by atoms with Gasteiger partial charge in [0, 0.05) is 23.9 Å². The number of quaternary nitrogens is 1. The molecule has 5 heteroatoms. The second-order valence-corrected chi connectivity index (χ2v) is 5.49. The number of hydrogen-bond donors (Lipinski definition) is 2. The van der Waals surface area contributed by atoms with Gasteiger partial charge in [0.05, 0.1) is 27.3 Å². The van der Waals surface area contributed by atoms with E-state index < -0.39 is 0 Å². The molecule has 1 aliphatic rings. The van der Waals surface area contributed by atoms with Crippen molar-refractivity contribution in [3.63, 3.8) is 0 Å². The summed E-state index contributed by atoms with van der Waals surface area (Å²) in [4.78, 5) is 13.6. The van der Waals surface area contributed by atoms with Crippen molar-refractivity contribution < 1.29 is 19.2 Å². The molecule has 1 aromatic rings. The molecule has 0 saturated carbocycles. The summed E-state index contributed by atoms with van der Waals surface area (Å²) < 4.78 is 10.4. The zero-order valence-corrected chi connectivity index (χ0v) is 12.9. The van der Waals surface area contributed by atoms with Crippen molar-refractivity contribution in [2.45, 2.75) is 25.7 Å². The lowest BCUT2D eigenvalue weighted by atomic mass is 10.2. The third-order valence-corrected chi connectivity index (χ3v) is 3.86. The van der Waals surface area contributed by atoms with Gasteiger partial charge in [-0.1, -0.05) is 0 Å². The van der Waals surface area contributed by atoms with Crippen molar-refractivity contribution in [2.24, 2.45) is 0 Å². The second kappa shape index (κ2) is 7.88. The van der Waals surface area contributed by atoms with Crippen LogP contribution in [0.4, 0.5) is 5.69 Å². The number of methoxy groups -OCH3 is 2. The Morgan fingerprint density at radius 2 is 1.62 bits per heavy atom. The monoisotopic (exact) mass is 293 g/mol. The average molecular weight is 293 g/mol. The summed E-state index contributed by atoms with van der Waals surface area (Å²) in [6.07, 6.45) is 5.02. The standard InChI is InChI=1S/C16H24N2O3/c1-20-14-9-13(10-15(11-14)21-2)17-16(19)12-18-7-5-3-4-6-8-18/h9-11H,3-8,12H2,1-2H3,(H,17,19)/p+1. The van der Waals surface area contributed by atoms with E-state index in [2.05, 4.69) is 5.32 Å². The van der Waals surface area contributed by atoms with Crippen molar-refractivity contribution in [2.75, 3.05) is 39.2 Å². The lowest BCUT2D eigenvalue weighted by Crippen LogP contribution is -3.12. The Morgan fingerprint density at radius 3 is 2.14 bits per heavy atom. The summed E-state index contributed by atoms with van der Waals surface area (Å²) >= 11 is 0. The van der Waals surface area contributed by atoms with Crippen LogP contribution in [-0.2, 0) is 4.79 Å². The third-order valence-electron chi connectivity index (χ3n) is 3.86. The minimum atomic E-state index is 0.0437. The van der Waals surface area contributed by atoms with Crippen LogP contribution in [0.1, 0.15) is 25.7 Å². The van der Waals surface area contributed by atoms with E-state index in [1.165, 1.54) is 30.6 Å². The van der Waals surface area contributed by atoms with Gasteiger partial charge in [0.2, 0.25) is 0 Å². The molecule has 0 atom stereocenters. The Bertz CT molecular complexity index is 446. The molecule has 1 amide bonds. The van der Waals surface area contributed by atoms with Crippen LogP contribution in [0.3, 0.4) is 0 Å². The summed E-state index contributed by atoms with van der Waals surface area (Å²) in [5, 5.41) is 2.94. The number of carbonyl (C=O) groups excluding carboxylic acids is 1. The molecular formula is C16H25N2O3+. The van der Waals surface area contributed by atoms with Crippen LogP contribution >= 0.6 is 0 Å². The lowest BCUT2D eigenvalue weighted by Gasteiger charge is -2.16. The Hall–Kier alpha value is -1.75. The first-order valence-electron chi connectivity index (χ1n) is 7.58. The first-order valence-corrected chi connectivity index (χ1v) is 7.58. The van der Waals surface area contributed by atoms with Crippen molar-refractivity contribution in [3.8, 4) is 11.5 Å². The molecule has 0 aliphatic carbocycles. The molecule has 1 fully saturated rings. The Morgan fingerprint density at radius 1 is 1.05 bits per heavy atom. The maximum Gasteiger partial charge on any atom is 0.279 e. The summed E-state index contributed by atoms with van der Waals surface area (Å²) in [7, 11) is 3.20. The average Bonchev–Trinajstić information content (AvgIpc) is 2.75. The molecule has 0 radical (unpaired) electrons. The largest absolute Gasteiger partial charge is 0.497 e. The summed E-state index contributed by atoms with van der Waals surface area (Å²) in [5.74, 6) is 1.39. The highest BCUT2D eigenvalue weighted by molar-refractivity contribution is 5.91. The predicted octanol–water partition coefficient (Wildman–Crippen LogP) is 1.10. The second-order valence-electron chi connectivity index (χ2n) is 5.49. The number of hydrogen-bond acceptors (Lipinski definition) is 3. The lowest BCUT2D eigenvalue weighted by molar-refractivity contribution is -0.890. The number of anilines is 1. The maximum atomic E-state index is 12.2. The van der Waals surface area contributed by atoms with Crippen LogP contribution in [0.5, 0.6) is 11.5 Å². The van der Waals surface area contributed by atoms with Gasteiger partial charge in [0.15, 0.2) is 6.54 Å². The fourth-order valence-corrected chi connectivity index (χ4v) is 2.72. The van der Waals surface area contributed by atoms with Gasteiger partial charge < -0.3 is 19.7 Å². The van der Waals surface area contributed by atoms with Gasteiger partial charge in [-0.2, -0.15) is 0 Å². The SMILES string of the molecule is COc1cc(NC(=O)C[NH+]2CCCCCC2)cc(OC)c1. The van der Waals surface area contributed by atoms with Gasteiger partial charge in [0.1, 0.15) is 11.5 Å². The van der Waals surface area contributed by atoms with Crippen LogP contribution in [0, 0.1) is 0 Å². The predicted molar refractivity (Wildman–Crippen MR) is 82.2 cm³/mol. The maximum absolute atomic E-state index is 12.2. The molecule has 0 bridgehead atoms. The molecule has 0 spiro atoms. The Kier molecular flexibility index (Phi) is 5.87. The summed E-state index contributed by atoms with van der Waals surface area (Å²) in [6, 6.07) is 5.39. The van der Waals surface area contributed by atoms with E-state index in [9.17, 15) is 4.79 Å². The van der Waals surface area contributed by atoms with Crippen LogP contribution in [0.25, 0.3) is 0 Å². The van der Waals surface area contributed by atoms with Gasteiger partial charge in [-0.3, -0.25) is 4.79 Å². The van der Waals surface area contributed by atoms with Crippen LogP contribution in [0.2, 0.25) is 0 Å². The number of rotatable bonds is 5. The zero-order valence-electron chi connectivity index (χ0n) is 12.9. The molecular weight excluding hydrogens is 268 g/mol. The van der Waals surface area contributed by atoms with Gasteiger partial charge in [-0.25, -0.2) is 0 Å². The minimum absolute atomic E-state index is 0.0437. The van der Waals surface area contributed by atoms with Crippen molar-refractivity contribution in [1.82, 2.24) is 0 Å².